The number of rotatable bonds is 1. The van der Waals surface area contributed by atoms with E-state index in [0.29, 0.717) is 5.75 Å². The Bertz CT molecular complexity index is 8.00. The molecule has 0 aromatic carbocycles. The van der Waals surface area contributed by atoms with Gasteiger partial charge in [0.1, 0.15) is 0 Å². The summed E-state index contributed by atoms with van der Waals surface area (Å²) in [6, 6.07) is 0. The Hall–Kier alpha value is 0.310. The van der Waals surface area contributed by atoms with E-state index in [2.05, 4.69) is 12.6 Å². The van der Waals surface area contributed by atoms with E-state index in [1.165, 1.54) is 6.54 Å². The predicted octanol–water partition coefficient (Wildman–Crippen LogP) is 0.304. The van der Waals surface area contributed by atoms with Gasteiger partial charge in [-0.25, -0.2) is 0 Å². The van der Waals surface area contributed by atoms with Crippen LogP contribution < -0.4 is 5.73 Å². The van der Waals surface area contributed by atoms with Gasteiger partial charge in [-0.15, -0.1) is 0 Å². The van der Waals surface area contributed by atoms with E-state index in [1.807, 2.05) is 0 Å². The molecular weight excluding hydrogens is 70.1 g/mol. The van der Waals surface area contributed by atoms with Crippen molar-refractivity contribution in [2.24, 2.45) is 5.73 Å². The second-order valence-corrected chi connectivity index (χ2v) is 0.736. The van der Waals surface area contributed by atoms with Crippen molar-refractivity contribution >= 4 is 12.6 Å². The lowest BCUT2D eigenvalue weighted by Gasteiger charge is -1.67. The minimum absolute atomic E-state index is 0.556. The van der Waals surface area contributed by atoms with Gasteiger partial charge >= 0.3 is 0 Å². The molecule has 4 heavy (non-hydrogen) atoms. The van der Waals surface area contributed by atoms with Gasteiger partial charge in [0.15, 0.2) is 0 Å². The number of nitrogens with two attached hydrogens (primary N) is 1. The molecule has 0 amide bonds. The van der Waals surface area contributed by atoms with Crippen LogP contribution >= 0.6 is 12.6 Å². The van der Waals surface area contributed by atoms with Gasteiger partial charge in [-0.1, -0.05) is 12.6 Å². The third-order valence-electron chi connectivity index (χ3n) is 0.0962. The number of hydrogen-bond acceptors (Lipinski definition) is 1. The zero-order valence-electron chi connectivity index (χ0n) is 2.27. The molecule has 0 aliphatic rings. The second-order valence-electron chi connectivity index (χ2n) is 0.402. The highest BCUT2D eigenvalue weighted by Crippen LogP contribution is 1.64. The van der Waals surface area contributed by atoms with Crippen molar-refractivity contribution in [3.63, 3.8) is 0 Å². The zero-order valence-corrected chi connectivity index (χ0v) is 3.09. The highest BCUT2D eigenvalue weighted by Gasteiger charge is 1.59. The van der Waals surface area contributed by atoms with Crippen LogP contribution in [0.5, 0.6) is 0 Å². The van der Waals surface area contributed by atoms with Crippen LogP contribution in [0, 0.1) is 6.54 Å². The van der Waals surface area contributed by atoms with Crippen molar-refractivity contribution in [3.8, 4) is 0 Å². The average Bonchev–Trinajstić information content (AvgIpc) is 1.37. The Morgan fingerprint density at radius 1 is 2.00 bits per heavy atom. The van der Waals surface area contributed by atoms with Crippen LogP contribution in [0.1, 0.15) is 0 Å². The van der Waals surface area contributed by atoms with E-state index in [0.717, 1.165) is 0 Å². The lowest BCUT2D eigenvalue weighted by Crippen LogP contribution is -1.87. The normalized spacial score (nSPS) is 7.50. The summed E-state index contributed by atoms with van der Waals surface area (Å²) in [4.78, 5) is 0. The molecule has 0 saturated carbocycles. The maximum Gasteiger partial charge on any atom is 0.0301 e. The fraction of sp³-hybridized carbons (Fsp3) is 0.500. The van der Waals surface area contributed by atoms with Crippen LogP contribution in [-0.2, 0) is 0 Å². The topological polar surface area (TPSA) is 26.0 Å². The van der Waals surface area contributed by atoms with Gasteiger partial charge in [0.25, 0.3) is 0 Å². The van der Waals surface area contributed by atoms with Gasteiger partial charge in [0.2, 0.25) is 0 Å². The molecule has 0 aromatic heterocycles. The third kappa shape index (κ3) is 2.31. The summed E-state index contributed by atoms with van der Waals surface area (Å²) in [6.45, 7) is 1.44. The lowest BCUT2D eigenvalue weighted by atomic mass is 10.8. The van der Waals surface area contributed by atoms with Gasteiger partial charge < -0.3 is 5.73 Å². The first kappa shape index (κ1) is 4.31. The average molecular weight is 75.1 g/mol. The van der Waals surface area contributed by atoms with Crippen LogP contribution in [0.15, 0.2) is 0 Å². The molecule has 0 fully saturated rings. The first-order chi connectivity index (χ1) is 1.91. The van der Waals surface area contributed by atoms with Crippen molar-refractivity contribution in [2.75, 3.05) is 5.75 Å². The zero-order chi connectivity index (χ0) is 3.41. The summed E-state index contributed by atoms with van der Waals surface area (Å²) in [7, 11) is 0. The standard InChI is InChI=1S/C2H5NS/c3-1-2-4/h1H,2-3H2. The van der Waals surface area contributed by atoms with Crippen LogP contribution in [0.4, 0.5) is 0 Å². The van der Waals surface area contributed by atoms with Crippen LogP contribution in [-0.4, -0.2) is 5.75 Å². The summed E-state index contributed by atoms with van der Waals surface area (Å²) in [6.07, 6.45) is 0. The molecule has 0 spiro atoms. The molecule has 0 aromatic rings. The van der Waals surface area contributed by atoms with E-state index < -0.39 is 0 Å². The monoisotopic (exact) mass is 75.0 g/mol. The molecule has 0 unspecified atom stereocenters. The molecule has 24 valence electrons. The fourth-order valence-corrected chi connectivity index (χ4v) is 0. The number of hydrogen-bond donors (Lipinski definition) is 1. The van der Waals surface area contributed by atoms with Gasteiger partial charge in [-0.05, 0) is 0 Å². The maximum absolute atomic E-state index is 4.80. The Balaban J connectivity index is 1.97. The Morgan fingerprint density at radius 3 is 2.25 bits per heavy atom. The third-order valence-corrected chi connectivity index (χ3v) is 0.289. The minimum atomic E-state index is 0.556. The molecule has 0 atom stereocenters. The molecule has 2 radical (unpaired) electrons. The Morgan fingerprint density at radius 2 is 2.25 bits per heavy atom. The van der Waals surface area contributed by atoms with Crippen molar-refractivity contribution in [2.45, 2.75) is 0 Å². The SMILES string of the molecule is N[CH]C[S]. The van der Waals surface area contributed by atoms with Gasteiger partial charge in [-0.2, -0.15) is 0 Å². The quantitative estimate of drug-likeness (QED) is 0.476. The highest BCUT2D eigenvalue weighted by atomic mass is 32.1. The Kier molecular flexibility index (Phi) is 3.57. The molecular formula is C2H5NS. The maximum atomic E-state index is 4.80. The minimum Gasteiger partial charge on any atom is -0.326 e. The van der Waals surface area contributed by atoms with Crippen molar-refractivity contribution in [1.82, 2.24) is 0 Å². The van der Waals surface area contributed by atoms with E-state index in [-0.39, 0.29) is 0 Å². The van der Waals surface area contributed by atoms with E-state index in [9.17, 15) is 0 Å². The van der Waals surface area contributed by atoms with Gasteiger partial charge in [0.05, 0.1) is 0 Å². The van der Waals surface area contributed by atoms with Crippen molar-refractivity contribution < 1.29 is 0 Å². The summed E-state index contributed by atoms with van der Waals surface area (Å²) in [5.74, 6) is 0.556. The molecule has 0 heterocycles. The molecule has 0 aliphatic carbocycles. The molecule has 0 aliphatic heterocycles. The second kappa shape index (κ2) is 3.31. The molecule has 1 nitrogen and oxygen atoms in total. The first-order valence-corrected chi connectivity index (χ1v) is 1.61. The van der Waals surface area contributed by atoms with Gasteiger partial charge in [-0.3, -0.25) is 0 Å². The van der Waals surface area contributed by atoms with Crippen LogP contribution in [0.2, 0.25) is 0 Å². The van der Waals surface area contributed by atoms with E-state index in [4.69, 9.17) is 5.73 Å². The van der Waals surface area contributed by atoms with Crippen molar-refractivity contribution in [1.29, 1.82) is 0 Å². The smallest absolute Gasteiger partial charge is 0.0301 e. The largest absolute Gasteiger partial charge is 0.326 e. The summed E-state index contributed by atoms with van der Waals surface area (Å²) in [5, 5.41) is 0. The summed E-state index contributed by atoms with van der Waals surface area (Å²) in [5.41, 5.74) is 4.80. The fourth-order valence-electron chi connectivity index (χ4n) is 0. The van der Waals surface area contributed by atoms with Crippen molar-refractivity contribution in [3.05, 3.63) is 6.54 Å². The summed E-state index contributed by atoms with van der Waals surface area (Å²) >= 11 is 4.37. The van der Waals surface area contributed by atoms with E-state index in [1.54, 1.807) is 0 Å². The Labute approximate surface area is 31.6 Å². The van der Waals surface area contributed by atoms with Crippen LogP contribution in [0.25, 0.3) is 0 Å². The highest BCUT2D eigenvalue weighted by molar-refractivity contribution is 7.80. The first-order valence-electron chi connectivity index (χ1n) is 1.03. The molecule has 2 heteroatoms. The molecule has 2 N–H and O–H groups in total. The summed E-state index contributed by atoms with van der Waals surface area (Å²) < 4.78 is 0. The lowest BCUT2D eigenvalue weighted by molar-refractivity contribution is 1.35. The van der Waals surface area contributed by atoms with Gasteiger partial charge in [0, 0.05) is 12.3 Å². The molecule has 0 saturated heterocycles. The van der Waals surface area contributed by atoms with Crippen LogP contribution in [0.3, 0.4) is 0 Å². The molecule has 0 rings (SSSR count). The molecule has 0 bridgehead atoms. The van der Waals surface area contributed by atoms with E-state index >= 15 is 0 Å². The predicted molar refractivity (Wildman–Crippen MR) is 20.9 cm³/mol.